The number of hydrogen-bond acceptors (Lipinski definition) is 3. The molecular formula is C11H5F4N3S. The average molecular weight is 287 g/mol. The van der Waals surface area contributed by atoms with Gasteiger partial charge in [-0.3, -0.25) is 0 Å². The second-order valence-electron chi connectivity index (χ2n) is 3.83. The van der Waals surface area contributed by atoms with Crippen LogP contribution in [0.15, 0.2) is 23.8 Å². The standard InChI is InChI=1S/C11H5F4N3S/c12-5-1-6-7(3-17-10(6)16-2-5)8-4-19-18-9(8)11(13,14)15/h1-4H,(H,16,17). The highest BCUT2D eigenvalue weighted by Crippen LogP contribution is 2.39. The Morgan fingerprint density at radius 3 is 2.74 bits per heavy atom. The Kier molecular flexibility index (Phi) is 2.56. The molecule has 0 saturated carbocycles. The van der Waals surface area contributed by atoms with Gasteiger partial charge in [-0.15, -0.1) is 0 Å². The van der Waals surface area contributed by atoms with Crippen LogP contribution in [0.1, 0.15) is 5.69 Å². The monoisotopic (exact) mass is 287 g/mol. The number of nitrogens with zero attached hydrogens (tertiary/aromatic N) is 2. The lowest BCUT2D eigenvalue weighted by Gasteiger charge is -2.05. The van der Waals surface area contributed by atoms with Crippen LogP contribution < -0.4 is 0 Å². The van der Waals surface area contributed by atoms with Crippen LogP contribution in [-0.4, -0.2) is 14.3 Å². The molecule has 8 heteroatoms. The van der Waals surface area contributed by atoms with E-state index in [-0.39, 0.29) is 11.1 Å². The lowest BCUT2D eigenvalue weighted by molar-refractivity contribution is -0.139. The van der Waals surface area contributed by atoms with E-state index in [1.807, 2.05) is 0 Å². The molecule has 0 unspecified atom stereocenters. The first-order valence-corrected chi connectivity index (χ1v) is 5.95. The van der Waals surface area contributed by atoms with Crippen molar-refractivity contribution in [3.8, 4) is 11.1 Å². The van der Waals surface area contributed by atoms with Gasteiger partial charge < -0.3 is 4.98 Å². The molecule has 0 aromatic carbocycles. The number of pyridine rings is 1. The summed E-state index contributed by atoms with van der Waals surface area (Å²) in [6.45, 7) is 0. The molecule has 0 spiro atoms. The molecule has 0 saturated heterocycles. The van der Waals surface area contributed by atoms with Gasteiger partial charge >= 0.3 is 6.18 Å². The average Bonchev–Trinajstić information content (AvgIpc) is 2.91. The predicted molar refractivity (Wildman–Crippen MR) is 62.2 cm³/mol. The number of fused-ring (bicyclic) bond motifs is 1. The Morgan fingerprint density at radius 1 is 1.21 bits per heavy atom. The lowest BCUT2D eigenvalue weighted by atomic mass is 10.1. The van der Waals surface area contributed by atoms with Gasteiger partial charge in [0.2, 0.25) is 0 Å². The molecule has 0 aliphatic rings. The molecule has 0 bridgehead atoms. The van der Waals surface area contributed by atoms with Gasteiger partial charge in [-0.25, -0.2) is 9.37 Å². The molecule has 0 fully saturated rings. The van der Waals surface area contributed by atoms with E-state index in [9.17, 15) is 17.6 Å². The first-order valence-electron chi connectivity index (χ1n) is 5.11. The second-order valence-corrected chi connectivity index (χ2v) is 4.46. The molecule has 0 amide bonds. The summed E-state index contributed by atoms with van der Waals surface area (Å²) in [5, 5.41) is 1.58. The minimum absolute atomic E-state index is 0.0730. The summed E-state index contributed by atoms with van der Waals surface area (Å²) in [7, 11) is 0. The molecule has 3 aromatic heterocycles. The highest BCUT2D eigenvalue weighted by Gasteiger charge is 2.37. The van der Waals surface area contributed by atoms with Crippen molar-refractivity contribution in [2.24, 2.45) is 0 Å². The first-order chi connectivity index (χ1) is 8.97. The van der Waals surface area contributed by atoms with Gasteiger partial charge in [0.15, 0.2) is 5.69 Å². The third kappa shape index (κ3) is 1.97. The maximum Gasteiger partial charge on any atom is 0.435 e. The zero-order valence-corrected chi connectivity index (χ0v) is 9.94. The second kappa shape index (κ2) is 4.02. The summed E-state index contributed by atoms with van der Waals surface area (Å²) < 4.78 is 54.9. The molecule has 0 radical (unpaired) electrons. The van der Waals surface area contributed by atoms with Crippen LogP contribution in [0.3, 0.4) is 0 Å². The predicted octanol–water partition coefficient (Wildman–Crippen LogP) is 3.84. The van der Waals surface area contributed by atoms with Gasteiger partial charge in [-0.05, 0) is 17.6 Å². The van der Waals surface area contributed by atoms with Crippen LogP contribution in [0.2, 0.25) is 0 Å². The summed E-state index contributed by atoms with van der Waals surface area (Å²) in [5.41, 5.74) is -0.474. The van der Waals surface area contributed by atoms with Gasteiger partial charge in [0.25, 0.3) is 0 Å². The Hall–Kier alpha value is -1.96. The van der Waals surface area contributed by atoms with Crippen molar-refractivity contribution < 1.29 is 17.6 Å². The normalized spacial score (nSPS) is 12.2. The highest BCUT2D eigenvalue weighted by molar-refractivity contribution is 7.04. The Bertz CT molecular complexity index is 744. The minimum Gasteiger partial charge on any atom is -0.346 e. The molecule has 3 rings (SSSR count). The van der Waals surface area contributed by atoms with Gasteiger partial charge in [0.05, 0.1) is 6.20 Å². The van der Waals surface area contributed by atoms with Crippen molar-refractivity contribution in [3.05, 3.63) is 35.4 Å². The summed E-state index contributed by atoms with van der Waals surface area (Å²) in [6, 6.07) is 1.14. The van der Waals surface area contributed by atoms with Crippen LogP contribution in [-0.2, 0) is 6.18 Å². The van der Waals surface area contributed by atoms with E-state index in [0.717, 1.165) is 12.3 Å². The minimum atomic E-state index is -4.54. The number of rotatable bonds is 1. The third-order valence-electron chi connectivity index (χ3n) is 2.63. The van der Waals surface area contributed by atoms with Crippen LogP contribution in [0.4, 0.5) is 17.6 Å². The fourth-order valence-electron chi connectivity index (χ4n) is 1.83. The molecule has 19 heavy (non-hydrogen) atoms. The number of hydrogen-bond donors (Lipinski definition) is 1. The van der Waals surface area contributed by atoms with Crippen molar-refractivity contribution in [1.82, 2.24) is 14.3 Å². The van der Waals surface area contributed by atoms with Gasteiger partial charge in [-0.1, -0.05) is 0 Å². The lowest BCUT2D eigenvalue weighted by Crippen LogP contribution is -2.06. The summed E-state index contributed by atoms with van der Waals surface area (Å²) in [6.07, 6.45) is -2.17. The van der Waals surface area contributed by atoms with Crippen LogP contribution in [0.5, 0.6) is 0 Å². The molecule has 3 aromatic rings. The molecule has 98 valence electrons. The SMILES string of the molecule is Fc1cnc2[nH]cc(-c3csnc3C(F)(F)F)c2c1. The molecule has 3 nitrogen and oxygen atoms in total. The number of aromatic amines is 1. The van der Waals surface area contributed by atoms with E-state index in [4.69, 9.17) is 0 Å². The number of aromatic nitrogens is 3. The molecule has 0 aliphatic carbocycles. The molecule has 0 aliphatic heterocycles. The maximum atomic E-state index is 13.2. The zero-order chi connectivity index (χ0) is 13.6. The number of alkyl halides is 3. The van der Waals surface area contributed by atoms with E-state index >= 15 is 0 Å². The first kappa shape index (κ1) is 12.1. The Morgan fingerprint density at radius 2 is 2.00 bits per heavy atom. The van der Waals surface area contributed by atoms with Crippen molar-refractivity contribution in [2.75, 3.05) is 0 Å². The number of halogens is 4. The van der Waals surface area contributed by atoms with E-state index in [1.54, 1.807) is 0 Å². The number of nitrogens with one attached hydrogen (secondary N) is 1. The smallest absolute Gasteiger partial charge is 0.346 e. The van der Waals surface area contributed by atoms with Crippen LogP contribution in [0.25, 0.3) is 22.2 Å². The van der Waals surface area contributed by atoms with E-state index in [0.29, 0.717) is 22.6 Å². The van der Waals surface area contributed by atoms with Crippen molar-refractivity contribution >= 4 is 22.6 Å². The largest absolute Gasteiger partial charge is 0.435 e. The fourth-order valence-corrected chi connectivity index (χ4v) is 2.54. The summed E-state index contributed by atoms with van der Waals surface area (Å²) in [4.78, 5) is 6.49. The van der Waals surface area contributed by atoms with Crippen LogP contribution >= 0.6 is 11.5 Å². The topological polar surface area (TPSA) is 41.6 Å². The van der Waals surface area contributed by atoms with Crippen molar-refractivity contribution in [2.45, 2.75) is 6.18 Å². The Balaban J connectivity index is 2.26. The molecular weight excluding hydrogens is 282 g/mol. The third-order valence-corrected chi connectivity index (χ3v) is 3.26. The molecule has 1 N–H and O–H groups in total. The quantitative estimate of drug-likeness (QED) is 0.691. The van der Waals surface area contributed by atoms with E-state index < -0.39 is 17.7 Å². The van der Waals surface area contributed by atoms with E-state index in [1.165, 1.54) is 11.6 Å². The van der Waals surface area contributed by atoms with Crippen LogP contribution in [0, 0.1) is 5.82 Å². The van der Waals surface area contributed by atoms with Gasteiger partial charge in [-0.2, -0.15) is 17.5 Å². The number of H-pyrrole nitrogens is 1. The Labute approximate surface area is 108 Å². The summed E-state index contributed by atoms with van der Waals surface area (Å²) in [5.74, 6) is -0.606. The highest BCUT2D eigenvalue weighted by atomic mass is 32.1. The molecule has 0 atom stereocenters. The van der Waals surface area contributed by atoms with Crippen molar-refractivity contribution in [3.63, 3.8) is 0 Å². The van der Waals surface area contributed by atoms with E-state index in [2.05, 4.69) is 14.3 Å². The zero-order valence-electron chi connectivity index (χ0n) is 9.12. The fraction of sp³-hybridized carbons (Fsp3) is 0.0909. The molecule has 3 heterocycles. The maximum absolute atomic E-state index is 13.2. The summed E-state index contributed by atoms with van der Waals surface area (Å²) >= 11 is 0.706. The van der Waals surface area contributed by atoms with Crippen molar-refractivity contribution in [1.29, 1.82) is 0 Å². The van der Waals surface area contributed by atoms with Gasteiger partial charge in [0.1, 0.15) is 11.5 Å². The van der Waals surface area contributed by atoms with Gasteiger partial charge in [0, 0.05) is 28.1 Å².